The van der Waals surface area contributed by atoms with Gasteiger partial charge in [-0.1, -0.05) is 30.3 Å². The van der Waals surface area contributed by atoms with Gasteiger partial charge in [0.1, 0.15) is 5.78 Å². The van der Waals surface area contributed by atoms with Gasteiger partial charge in [0.2, 0.25) is 0 Å². The van der Waals surface area contributed by atoms with Crippen molar-refractivity contribution < 1.29 is 19.4 Å². The highest BCUT2D eigenvalue weighted by Crippen LogP contribution is 2.26. The van der Waals surface area contributed by atoms with E-state index in [1.54, 1.807) is 31.2 Å². The Bertz CT molecular complexity index is 413. The summed E-state index contributed by atoms with van der Waals surface area (Å²) in [5, 5.41) is 10.2. The Balaban J connectivity index is 2.67. The summed E-state index contributed by atoms with van der Waals surface area (Å²) in [4.78, 5) is 22.9. The number of benzene rings is 1. The van der Waals surface area contributed by atoms with Gasteiger partial charge in [0.25, 0.3) is 0 Å². The van der Waals surface area contributed by atoms with Gasteiger partial charge in [0, 0.05) is 12.3 Å². The molecule has 0 heterocycles. The zero-order chi connectivity index (χ0) is 14.3. The Morgan fingerprint density at radius 3 is 2.42 bits per heavy atom. The number of carbonyl (C=O) groups excluding carboxylic acids is 2. The molecular weight excluding hydrogens is 244 g/mol. The van der Waals surface area contributed by atoms with Crippen LogP contribution in [-0.4, -0.2) is 23.5 Å². The summed E-state index contributed by atoms with van der Waals surface area (Å²) in [7, 11) is 0. The largest absolute Gasteiger partial charge is 0.466 e. The molecule has 0 unspecified atom stereocenters. The standard InChI is InChI=1S/C15H20O4/c1-3-19-14(17)10-9-13(11(2)16)15(18)12-7-5-4-6-8-12/h4-8,13,15,18H,3,9-10H2,1-2H3/t13-,15-/m1/s1. The maximum atomic E-state index is 11.6. The SMILES string of the molecule is CCOC(=O)CC[C@H](C(C)=O)[C@H](O)c1ccccc1. The molecular formula is C15H20O4. The van der Waals surface area contributed by atoms with Crippen LogP contribution in [0.5, 0.6) is 0 Å². The van der Waals surface area contributed by atoms with E-state index in [0.717, 1.165) is 0 Å². The van der Waals surface area contributed by atoms with Gasteiger partial charge >= 0.3 is 5.97 Å². The van der Waals surface area contributed by atoms with Crippen LogP contribution in [0.25, 0.3) is 0 Å². The number of esters is 1. The van der Waals surface area contributed by atoms with E-state index in [4.69, 9.17) is 4.74 Å². The van der Waals surface area contributed by atoms with Crippen molar-refractivity contribution in [3.63, 3.8) is 0 Å². The Morgan fingerprint density at radius 2 is 1.89 bits per heavy atom. The number of aliphatic hydroxyl groups excluding tert-OH is 1. The first-order chi connectivity index (χ1) is 9.06. The Kier molecular flexibility index (Phi) is 6.22. The summed E-state index contributed by atoms with van der Waals surface area (Å²) < 4.78 is 4.83. The van der Waals surface area contributed by atoms with Crippen molar-refractivity contribution in [3.05, 3.63) is 35.9 Å². The van der Waals surface area contributed by atoms with E-state index in [-0.39, 0.29) is 18.2 Å². The second-order valence-electron chi connectivity index (χ2n) is 4.42. The average Bonchev–Trinajstić information content (AvgIpc) is 2.39. The molecule has 0 bridgehead atoms. The van der Waals surface area contributed by atoms with Crippen LogP contribution in [0.1, 0.15) is 38.4 Å². The van der Waals surface area contributed by atoms with E-state index >= 15 is 0 Å². The van der Waals surface area contributed by atoms with Gasteiger partial charge in [-0.15, -0.1) is 0 Å². The van der Waals surface area contributed by atoms with Gasteiger partial charge in [-0.3, -0.25) is 9.59 Å². The highest BCUT2D eigenvalue weighted by atomic mass is 16.5. The van der Waals surface area contributed by atoms with E-state index in [2.05, 4.69) is 0 Å². The minimum Gasteiger partial charge on any atom is -0.466 e. The number of ketones is 1. The van der Waals surface area contributed by atoms with Gasteiger partial charge in [-0.2, -0.15) is 0 Å². The third-order valence-electron chi connectivity index (χ3n) is 3.01. The quantitative estimate of drug-likeness (QED) is 0.767. The van der Waals surface area contributed by atoms with Crippen molar-refractivity contribution in [2.24, 2.45) is 5.92 Å². The molecule has 4 heteroatoms. The normalized spacial score (nSPS) is 13.6. The lowest BCUT2D eigenvalue weighted by Crippen LogP contribution is -2.21. The molecule has 1 aromatic carbocycles. The van der Waals surface area contributed by atoms with Crippen LogP contribution >= 0.6 is 0 Å². The number of hydrogen-bond donors (Lipinski definition) is 1. The van der Waals surface area contributed by atoms with Crippen molar-refractivity contribution in [1.82, 2.24) is 0 Å². The number of carbonyl (C=O) groups is 2. The van der Waals surface area contributed by atoms with Crippen LogP contribution in [0.3, 0.4) is 0 Å². The molecule has 0 radical (unpaired) electrons. The molecule has 0 saturated heterocycles. The first-order valence-corrected chi connectivity index (χ1v) is 6.45. The van der Waals surface area contributed by atoms with Crippen LogP contribution in [-0.2, 0) is 14.3 Å². The van der Waals surface area contributed by atoms with Crippen molar-refractivity contribution in [2.75, 3.05) is 6.61 Å². The topological polar surface area (TPSA) is 63.6 Å². The minimum atomic E-state index is -0.881. The van der Waals surface area contributed by atoms with Crippen LogP contribution in [0, 0.1) is 5.92 Å². The predicted molar refractivity (Wildman–Crippen MR) is 71.4 cm³/mol. The lowest BCUT2D eigenvalue weighted by atomic mass is 9.89. The van der Waals surface area contributed by atoms with Crippen molar-refractivity contribution >= 4 is 11.8 Å². The lowest BCUT2D eigenvalue weighted by molar-refractivity contribution is -0.143. The molecule has 0 aromatic heterocycles. The molecule has 0 amide bonds. The predicted octanol–water partition coefficient (Wildman–Crippen LogP) is 2.27. The summed E-state index contributed by atoms with van der Waals surface area (Å²) in [5.41, 5.74) is 0.687. The highest BCUT2D eigenvalue weighted by molar-refractivity contribution is 5.80. The second kappa shape index (κ2) is 7.69. The van der Waals surface area contributed by atoms with E-state index in [1.165, 1.54) is 6.92 Å². The monoisotopic (exact) mass is 264 g/mol. The third kappa shape index (κ3) is 4.83. The van der Waals surface area contributed by atoms with Gasteiger partial charge in [0.15, 0.2) is 0 Å². The van der Waals surface area contributed by atoms with E-state index in [0.29, 0.717) is 18.6 Å². The number of ether oxygens (including phenoxy) is 1. The molecule has 104 valence electrons. The zero-order valence-corrected chi connectivity index (χ0v) is 11.3. The first-order valence-electron chi connectivity index (χ1n) is 6.45. The summed E-state index contributed by atoms with van der Waals surface area (Å²) in [6.45, 7) is 3.49. The van der Waals surface area contributed by atoms with Gasteiger partial charge in [-0.25, -0.2) is 0 Å². The summed E-state index contributed by atoms with van der Waals surface area (Å²) in [6.07, 6.45) is -0.445. The van der Waals surface area contributed by atoms with Gasteiger partial charge in [-0.05, 0) is 25.8 Å². The minimum absolute atomic E-state index is 0.124. The fourth-order valence-electron chi connectivity index (χ4n) is 1.97. The fraction of sp³-hybridized carbons (Fsp3) is 0.467. The van der Waals surface area contributed by atoms with Gasteiger partial charge in [0.05, 0.1) is 12.7 Å². The molecule has 0 aliphatic carbocycles. The molecule has 2 atom stereocenters. The third-order valence-corrected chi connectivity index (χ3v) is 3.01. The fourth-order valence-corrected chi connectivity index (χ4v) is 1.97. The second-order valence-corrected chi connectivity index (χ2v) is 4.42. The molecule has 19 heavy (non-hydrogen) atoms. The molecule has 1 rings (SSSR count). The average molecular weight is 264 g/mol. The van der Waals surface area contributed by atoms with E-state index in [1.807, 2.05) is 6.07 Å². The van der Waals surface area contributed by atoms with Crippen molar-refractivity contribution in [1.29, 1.82) is 0 Å². The Hall–Kier alpha value is -1.68. The Morgan fingerprint density at radius 1 is 1.26 bits per heavy atom. The van der Waals surface area contributed by atoms with Crippen LogP contribution in [0.4, 0.5) is 0 Å². The number of rotatable bonds is 7. The molecule has 0 aliphatic rings. The van der Waals surface area contributed by atoms with Crippen molar-refractivity contribution in [2.45, 2.75) is 32.8 Å². The summed E-state index contributed by atoms with van der Waals surface area (Å²) in [5.74, 6) is -1.04. The molecule has 1 aromatic rings. The Labute approximate surface area is 113 Å². The molecule has 0 spiro atoms. The number of hydrogen-bond acceptors (Lipinski definition) is 4. The molecule has 4 nitrogen and oxygen atoms in total. The van der Waals surface area contributed by atoms with E-state index < -0.39 is 12.0 Å². The molecule has 0 fully saturated rings. The smallest absolute Gasteiger partial charge is 0.305 e. The number of aliphatic hydroxyl groups is 1. The summed E-state index contributed by atoms with van der Waals surface area (Å²) >= 11 is 0. The van der Waals surface area contributed by atoms with Crippen LogP contribution in [0.2, 0.25) is 0 Å². The lowest BCUT2D eigenvalue weighted by Gasteiger charge is -2.20. The van der Waals surface area contributed by atoms with E-state index in [9.17, 15) is 14.7 Å². The maximum Gasteiger partial charge on any atom is 0.305 e. The molecule has 1 N–H and O–H groups in total. The van der Waals surface area contributed by atoms with Crippen LogP contribution in [0.15, 0.2) is 30.3 Å². The van der Waals surface area contributed by atoms with Crippen molar-refractivity contribution in [3.8, 4) is 0 Å². The first kappa shape index (κ1) is 15.4. The maximum absolute atomic E-state index is 11.6. The molecule has 0 aliphatic heterocycles. The van der Waals surface area contributed by atoms with Gasteiger partial charge < -0.3 is 9.84 Å². The number of Topliss-reactive ketones (excluding diaryl/α,β-unsaturated/α-hetero) is 1. The molecule has 0 saturated carbocycles. The summed E-state index contributed by atoms with van der Waals surface area (Å²) in [6, 6.07) is 9.00. The van der Waals surface area contributed by atoms with Crippen LogP contribution < -0.4 is 0 Å². The highest BCUT2D eigenvalue weighted by Gasteiger charge is 2.25. The zero-order valence-electron chi connectivity index (χ0n) is 11.3.